The Morgan fingerprint density at radius 2 is 2.09 bits per heavy atom. The molecule has 1 saturated heterocycles. The first-order chi connectivity index (χ1) is 10.5. The van der Waals surface area contributed by atoms with Gasteiger partial charge in [0.15, 0.2) is 0 Å². The summed E-state index contributed by atoms with van der Waals surface area (Å²) in [4.78, 5) is 14.9. The third-order valence-corrected chi connectivity index (χ3v) is 4.97. The summed E-state index contributed by atoms with van der Waals surface area (Å²) < 4.78 is 5.10. The highest BCUT2D eigenvalue weighted by Crippen LogP contribution is 2.33. The topological polar surface area (TPSA) is 79.3 Å². The number of hydrogen-bond donors (Lipinski definition) is 1. The van der Waals surface area contributed by atoms with Gasteiger partial charge in [-0.3, -0.25) is 4.90 Å². The summed E-state index contributed by atoms with van der Waals surface area (Å²) in [6, 6.07) is 2.14. The van der Waals surface area contributed by atoms with E-state index >= 15 is 0 Å². The normalized spacial score (nSPS) is 22.3. The largest absolute Gasteiger partial charge is 0.462 e. The highest BCUT2D eigenvalue weighted by atomic mass is 32.1. The van der Waals surface area contributed by atoms with Crippen molar-refractivity contribution >= 4 is 22.3 Å². The molecule has 5 nitrogen and oxygen atoms in total. The van der Waals surface area contributed by atoms with E-state index in [1.165, 1.54) is 6.42 Å². The number of thiophene rings is 1. The first kappa shape index (κ1) is 16.8. The third-order valence-electron chi connectivity index (χ3n) is 3.93. The molecule has 2 atom stereocenters. The maximum atomic E-state index is 12.1. The van der Waals surface area contributed by atoms with Gasteiger partial charge in [0.2, 0.25) is 0 Å². The number of esters is 1. The van der Waals surface area contributed by atoms with E-state index in [0.717, 1.165) is 30.0 Å². The summed E-state index contributed by atoms with van der Waals surface area (Å²) in [5.41, 5.74) is 7.07. The fourth-order valence-electron chi connectivity index (χ4n) is 3.26. The molecule has 2 heterocycles. The molecule has 1 aromatic rings. The number of hydrogen-bond acceptors (Lipinski definition) is 6. The predicted molar refractivity (Wildman–Crippen MR) is 87.6 cm³/mol. The molecule has 6 heteroatoms. The lowest BCUT2D eigenvalue weighted by molar-refractivity contribution is 0.0528. The number of likely N-dealkylation sites (tertiary alicyclic amines) is 1. The minimum Gasteiger partial charge on any atom is -0.462 e. The van der Waals surface area contributed by atoms with E-state index in [0.29, 0.717) is 40.4 Å². The van der Waals surface area contributed by atoms with Crippen LogP contribution in [0.1, 0.15) is 48.0 Å². The fraction of sp³-hybridized carbons (Fsp3) is 0.625. The van der Waals surface area contributed by atoms with E-state index in [-0.39, 0.29) is 5.97 Å². The van der Waals surface area contributed by atoms with Crippen LogP contribution in [0.4, 0.5) is 5.00 Å². The van der Waals surface area contributed by atoms with E-state index < -0.39 is 0 Å². The highest BCUT2D eigenvalue weighted by molar-refractivity contribution is 7.18. The van der Waals surface area contributed by atoms with Crippen molar-refractivity contribution in [2.24, 2.45) is 11.8 Å². The van der Waals surface area contributed by atoms with Gasteiger partial charge in [0.25, 0.3) is 0 Å². The van der Waals surface area contributed by atoms with Gasteiger partial charge in [-0.25, -0.2) is 4.79 Å². The van der Waals surface area contributed by atoms with Crippen molar-refractivity contribution < 1.29 is 9.53 Å². The number of ether oxygens (including phenoxy) is 1. The Labute approximate surface area is 135 Å². The lowest BCUT2D eigenvalue weighted by atomic mass is 9.91. The Morgan fingerprint density at radius 3 is 2.64 bits per heavy atom. The number of anilines is 1. The maximum Gasteiger partial charge on any atom is 0.348 e. The van der Waals surface area contributed by atoms with Gasteiger partial charge in [0, 0.05) is 25.2 Å². The second kappa shape index (κ2) is 7.12. The molecule has 0 amide bonds. The van der Waals surface area contributed by atoms with E-state index in [9.17, 15) is 10.1 Å². The van der Waals surface area contributed by atoms with Gasteiger partial charge in [-0.15, -0.1) is 11.3 Å². The molecular formula is C16H23N3O2S. The van der Waals surface area contributed by atoms with Crippen LogP contribution >= 0.6 is 11.3 Å². The molecular weight excluding hydrogens is 298 g/mol. The Morgan fingerprint density at radius 1 is 1.45 bits per heavy atom. The van der Waals surface area contributed by atoms with Crippen molar-refractivity contribution in [1.29, 1.82) is 5.26 Å². The van der Waals surface area contributed by atoms with Crippen LogP contribution in [-0.4, -0.2) is 30.6 Å². The summed E-state index contributed by atoms with van der Waals surface area (Å²) in [6.45, 7) is 9.10. The van der Waals surface area contributed by atoms with Crippen LogP contribution in [0.25, 0.3) is 0 Å². The molecule has 1 aliphatic heterocycles. The van der Waals surface area contributed by atoms with Crippen LogP contribution in [-0.2, 0) is 11.3 Å². The molecule has 1 aromatic heterocycles. The van der Waals surface area contributed by atoms with Crippen LogP contribution in [0.15, 0.2) is 0 Å². The third kappa shape index (κ3) is 3.60. The quantitative estimate of drug-likeness (QED) is 0.863. The average Bonchev–Trinajstić information content (AvgIpc) is 2.74. The van der Waals surface area contributed by atoms with E-state index in [4.69, 9.17) is 10.5 Å². The van der Waals surface area contributed by atoms with Crippen molar-refractivity contribution in [3.8, 4) is 6.07 Å². The van der Waals surface area contributed by atoms with Gasteiger partial charge in [0.1, 0.15) is 15.9 Å². The Bertz CT molecular complexity index is 581. The van der Waals surface area contributed by atoms with Crippen LogP contribution in [0.3, 0.4) is 0 Å². The minimum absolute atomic E-state index is 0.315. The van der Waals surface area contributed by atoms with Crippen molar-refractivity contribution in [2.45, 2.75) is 33.7 Å². The standard InChI is InChI=1S/C16H23N3O2S/c1-4-21-16(20)14-13(12(6-17)15(18)22-14)9-19-7-10(2)5-11(3)8-19/h10-11H,4-5,7-9,18H2,1-3H3/t10-,11-/m0/s1. The lowest BCUT2D eigenvalue weighted by Gasteiger charge is -2.35. The smallest absolute Gasteiger partial charge is 0.348 e. The second-order valence-electron chi connectivity index (χ2n) is 6.12. The number of nitriles is 1. The van der Waals surface area contributed by atoms with Gasteiger partial charge in [-0.2, -0.15) is 5.26 Å². The number of rotatable bonds is 4. The van der Waals surface area contributed by atoms with Crippen LogP contribution in [0.2, 0.25) is 0 Å². The Balaban J connectivity index is 2.28. The molecule has 1 fully saturated rings. The maximum absolute atomic E-state index is 12.1. The zero-order chi connectivity index (χ0) is 16.3. The van der Waals surface area contributed by atoms with Crippen molar-refractivity contribution in [2.75, 3.05) is 25.4 Å². The molecule has 0 aliphatic carbocycles. The SMILES string of the molecule is CCOC(=O)c1sc(N)c(C#N)c1CN1C[C@@H](C)C[C@H](C)C1. The van der Waals surface area contributed by atoms with Crippen LogP contribution in [0.5, 0.6) is 0 Å². The zero-order valence-electron chi connectivity index (χ0n) is 13.4. The summed E-state index contributed by atoms with van der Waals surface area (Å²) in [5, 5.41) is 9.77. The van der Waals surface area contributed by atoms with Crippen LogP contribution < -0.4 is 5.73 Å². The lowest BCUT2D eigenvalue weighted by Crippen LogP contribution is -2.38. The zero-order valence-corrected chi connectivity index (χ0v) is 14.2. The summed E-state index contributed by atoms with van der Waals surface area (Å²) in [7, 11) is 0. The van der Waals surface area contributed by atoms with Gasteiger partial charge in [-0.05, 0) is 25.2 Å². The average molecular weight is 321 g/mol. The molecule has 0 radical (unpaired) electrons. The fourth-order valence-corrected chi connectivity index (χ4v) is 4.19. The first-order valence-electron chi connectivity index (χ1n) is 7.66. The molecule has 0 aromatic carbocycles. The Hall–Kier alpha value is -1.58. The molecule has 0 saturated carbocycles. The van der Waals surface area contributed by atoms with Crippen LogP contribution in [0, 0.1) is 23.2 Å². The summed E-state index contributed by atoms with van der Waals surface area (Å²) in [5.74, 6) is 0.862. The van der Waals surface area contributed by atoms with Crippen molar-refractivity contribution in [1.82, 2.24) is 4.90 Å². The Kier molecular flexibility index (Phi) is 5.43. The number of nitrogen functional groups attached to an aromatic ring is 1. The molecule has 0 spiro atoms. The highest BCUT2D eigenvalue weighted by Gasteiger charge is 2.27. The molecule has 0 bridgehead atoms. The second-order valence-corrected chi connectivity index (χ2v) is 7.17. The van der Waals surface area contributed by atoms with E-state index in [2.05, 4.69) is 24.8 Å². The minimum atomic E-state index is -0.381. The molecule has 2 N–H and O–H groups in total. The van der Waals surface area contributed by atoms with E-state index in [1.807, 2.05) is 0 Å². The molecule has 2 rings (SSSR count). The first-order valence-corrected chi connectivity index (χ1v) is 8.48. The summed E-state index contributed by atoms with van der Waals surface area (Å²) >= 11 is 1.16. The van der Waals surface area contributed by atoms with Gasteiger partial charge < -0.3 is 10.5 Å². The predicted octanol–water partition coefficient (Wildman–Crippen LogP) is 2.86. The van der Waals surface area contributed by atoms with Crippen molar-refractivity contribution in [3.63, 3.8) is 0 Å². The number of carbonyl (C=O) groups excluding carboxylic acids is 1. The van der Waals surface area contributed by atoms with Crippen molar-refractivity contribution in [3.05, 3.63) is 16.0 Å². The molecule has 120 valence electrons. The molecule has 0 unspecified atom stereocenters. The van der Waals surface area contributed by atoms with Gasteiger partial charge >= 0.3 is 5.97 Å². The number of nitrogens with two attached hydrogens (primary N) is 1. The summed E-state index contributed by atoms with van der Waals surface area (Å²) in [6.07, 6.45) is 1.22. The molecule has 1 aliphatic rings. The number of carbonyl (C=O) groups is 1. The van der Waals surface area contributed by atoms with Gasteiger partial charge in [0.05, 0.1) is 12.2 Å². The molecule has 22 heavy (non-hydrogen) atoms. The number of piperidine rings is 1. The van der Waals surface area contributed by atoms with E-state index in [1.54, 1.807) is 6.92 Å². The van der Waals surface area contributed by atoms with Gasteiger partial charge in [-0.1, -0.05) is 13.8 Å². The monoisotopic (exact) mass is 321 g/mol. The number of nitrogens with zero attached hydrogens (tertiary/aromatic N) is 2.